The largest absolute Gasteiger partial charge is 4.00 e. The van der Waals surface area contributed by atoms with Crippen molar-refractivity contribution in [2.24, 2.45) is 0 Å². The molecule has 0 aromatic carbocycles. The van der Waals surface area contributed by atoms with E-state index in [9.17, 15) is 0 Å². The predicted molar refractivity (Wildman–Crippen MR) is 50.8 cm³/mol. The minimum Gasteiger partial charge on any atom is -1.00 e. The molecule has 0 spiro atoms. The number of hydrogen-bond donors (Lipinski definition) is 0. The van der Waals surface area contributed by atoms with Crippen LogP contribution in [0.25, 0.3) is 5.73 Å². The maximum atomic E-state index is 8.47. The van der Waals surface area contributed by atoms with Crippen LogP contribution in [0.2, 0.25) is 13.1 Å². The third-order valence-electron chi connectivity index (χ3n) is 0.586. The number of carbonyl (C=O) groups is 1. The second-order valence-electron chi connectivity index (χ2n) is 1.70. The number of halogens is 2. The van der Waals surface area contributed by atoms with Gasteiger partial charge < -0.3 is 35.3 Å². The molecule has 0 atom stereocenters. The van der Waals surface area contributed by atoms with Crippen molar-refractivity contribution < 1.29 is 55.8 Å². The average molecular weight is 330 g/mol. The van der Waals surface area contributed by atoms with Crippen molar-refractivity contribution in [1.82, 2.24) is 0 Å². The van der Waals surface area contributed by atoms with Gasteiger partial charge in [0.05, 0.1) is 0 Å². The summed E-state index contributed by atoms with van der Waals surface area (Å²) in [5.74, 6) is 0. The number of nitrogens with one attached hydrogen (secondary N) is 1. The number of allylic oxidation sites excluding steroid dienone is 4. The first kappa shape index (κ1) is 29.3. The molecular weight excluding hydrogens is 316 g/mol. The summed E-state index contributed by atoms with van der Waals surface area (Å²) < 4.78 is 0. The molecule has 0 saturated carbocycles. The fraction of sp³-hybridized carbons (Fsp3) is 0.375. The molecule has 14 heavy (non-hydrogen) atoms. The Hall–Kier alpha value is 0.630. The summed E-state index contributed by atoms with van der Waals surface area (Å²) in [5.41, 5.74) is 5.53. The van der Waals surface area contributed by atoms with Gasteiger partial charge in [-0.05, 0) is 0 Å². The summed E-state index contributed by atoms with van der Waals surface area (Å²) in [6.45, 7) is 4.42. The Bertz CT molecular complexity index is 125. The van der Waals surface area contributed by atoms with E-state index < -0.39 is 0 Å². The van der Waals surface area contributed by atoms with Gasteiger partial charge in [-0.3, -0.25) is 6.08 Å². The fourth-order valence-electron chi connectivity index (χ4n) is 0.340. The van der Waals surface area contributed by atoms with Crippen molar-refractivity contribution in [1.29, 1.82) is 0 Å². The Balaban J connectivity index is -0.0000000276. The third kappa shape index (κ3) is 53.9. The van der Waals surface area contributed by atoms with E-state index >= 15 is 0 Å². The number of amides is 1. The summed E-state index contributed by atoms with van der Waals surface area (Å²) >= 11 is 0. The first-order valence-electron chi connectivity index (χ1n) is 3.40. The van der Waals surface area contributed by atoms with E-state index in [2.05, 4.69) is 25.2 Å². The van der Waals surface area contributed by atoms with E-state index in [0.717, 1.165) is 15.9 Å². The monoisotopic (exact) mass is 328 g/mol. The van der Waals surface area contributed by atoms with Crippen molar-refractivity contribution in [3.8, 4) is 0 Å². The van der Waals surface area contributed by atoms with E-state index in [-0.39, 0.29) is 57.4 Å². The molecule has 0 heterocycles. The van der Waals surface area contributed by atoms with Crippen LogP contribution < -0.4 is 24.8 Å². The number of rotatable bonds is 0. The third-order valence-corrected chi connectivity index (χ3v) is 0.586. The van der Waals surface area contributed by atoms with Crippen LogP contribution in [0.15, 0.2) is 18.2 Å². The van der Waals surface area contributed by atoms with E-state index in [0.29, 0.717) is 0 Å². The van der Waals surface area contributed by atoms with Gasteiger partial charge in [-0.15, -0.1) is 6.42 Å². The first-order valence-corrected chi connectivity index (χ1v) is 5.71. The molecule has 0 unspecified atom stereocenters. The molecule has 0 bridgehead atoms. The Kier molecular flexibility index (Phi) is 78.2. The van der Waals surface area contributed by atoms with Crippen LogP contribution in [0.4, 0.5) is 0 Å². The average Bonchev–Trinajstić information content (AvgIpc) is 2.44. The minimum atomic E-state index is 0. The van der Waals surface area contributed by atoms with Crippen molar-refractivity contribution in [3.05, 3.63) is 30.0 Å². The smallest absolute Gasteiger partial charge is 1.00 e. The van der Waals surface area contributed by atoms with Gasteiger partial charge >= 0.3 is 26.2 Å². The zero-order valence-electron chi connectivity index (χ0n) is 8.26. The summed E-state index contributed by atoms with van der Waals surface area (Å²) in [6, 6.07) is 0. The van der Waals surface area contributed by atoms with Gasteiger partial charge in [0, 0.05) is 15.9 Å². The van der Waals surface area contributed by atoms with Crippen molar-refractivity contribution >= 4 is 15.9 Å². The van der Waals surface area contributed by atoms with Gasteiger partial charge in [-0.1, -0.05) is 13.1 Å². The molecule has 0 aliphatic heterocycles. The molecule has 1 aliphatic carbocycles. The minimum absolute atomic E-state index is 0. The zero-order chi connectivity index (χ0) is 8.95. The first-order chi connectivity index (χ1) is 5.33. The number of carbonyl (C=O) groups excluding carboxylic acids is 1. The molecule has 79 valence electrons. The Labute approximate surface area is 121 Å². The molecule has 1 aliphatic rings. The summed E-state index contributed by atoms with van der Waals surface area (Å²) in [7, 11) is 0.750. The molecule has 1 N–H and O–H groups in total. The van der Waals surface area contributed by atoms with Gasteiger partial charge in [0.25, 0.3) is 0 Å². The topological polar surface area (TPSA) is 40.9 Å². The Morgan fingerprint density at radius 3 is 1.86 bits per heavy atom. The van der Waals surface area contributed by atoms with Crippen LogP contribution >= 0.6 is 0 Å². The van der Waals surface area contributed by atoms with Crippen LogP contribution in [0.3, 0.4) is 0 Å². The second kappa shape index (κ2) is 37.3. The van der Waals surface area contributed by atoms with Crippen molar-refractivity contribution in [2.45, 2.75) is 19.5 Å². The van der Waals surface area contributed by atoms with E-state index in [1.807, 2.05) is 12.2 Å². The predicted octanol–water partition coefficient (Wildman–Crippen LogP) is -3.97. The van der Waals surface area contributed by atoms with Crippen LogP contribution in [0.5, 0.6) is 0 Å². The molecule has 0 aromatic heterocycles. The standard InChI is InChI=1S/C5H5.C2H7Si.CH3NO.2ClH.Zr/c1-2-4-5-3-1;1-3-2;2-1-3;;;/h1-3H,4H2;3H,1-2H3;1H,(H2,2,3);2*1H;/q-1;;;;;+4/p-3. The Morgan fingerprint density at radius 2 is 1.79 bits per heavy atom. The molecule has 0 aromatic rings. The maximum absolute atomic E-state index is 8.47. The molecule has 6 heteroatoms. The van der Waals surface area contributed by atoms with Crippen LogP contribution in [0, 0.1) is 6.08 Å². The summed E-state index contributed by atoms with van der Waals surface area (Å²) in [6.07, 6.45) is 10.0. The van der Waals surface area contributed by atoms with E-state index in [1.165, 1.54) is 0 Å². The molecule has 1 radical (unpaired) electrons. The molecule has 1 amide bonds. The summed E-state index contributed by atoms with van der Waals surface area (Å²) in [5, 5.41) is 0. The van der Waals surface area contributed by atoms with Crippen molar-refractivity contribution in [2.75, 3.05) is 0 Å². The SMILES string of the molecule is C[SiH]C.[C-]1=CC=CC1.[Cl-].[Cl-].[NH-]C=O.[Zr+4]. The maximum Gasteiger partial charge on any atom is 4.00 e. The molecule has 1 rings (SSSR count). The van der Waals surface area contributed by atoms with Crippen LogP contribution in [-0.2, 0) is 31.0 Å². The van der Waals surface area contributed by atoms with Gasteiger partial charge in [-0.2, -0.15) is 6.08 Å². The summed E-state index contributed by atoms with van der Waals surface area (Å²) in [4.78, 5) is 8.47. The normalized spacial score (nSPS) is 8.43. The Morgan fingerprint density at radius 1 is 1.43 bits per heavy atom. The number of hydrogen-bond acceptors (Lipinski definition) is 1. The van der Waals surface area contributed by atoms with Gasteiger partial charge in [0.1, 0.15) is 0 Å². The van der Waals surface area contributed by atoms with E-state index in [4.69, 9.17) is 10.5 Å². The van der Waals surface area contributed by atoms with E-state index in [1.54, 1.807) is 0 Å². The quantitative estimate of drug-likeness (QED) is 0.254. The molecule has 0 saturated heterocycles. The molecular formula is C8H14Cl2NOSiZr. The van der Waals surface area contributed by atoms with Gasteiger partial charge in [-0.25, -0.2) is 12.2 Å². The zero-order valence-corrected chi connectivity index (χ0v) is 13.4. The van der Waals surface area contributed by atoms with Gasteiger partial charge in [0.2, 0.25) is 0 Å². The molecule has 0 fully saturated rings. The van der Waals surface area contributed by atoms with Crippen LogP contribution in [0.1, 0.15) is 6.42 Å². The fourth-order valence-corrected chi connectivity index (χ4v) is 0.340. The molecule has 2 nitrogen and oxygen atoms in total. The van der Waals surface area contributed by atoms with Crippen LogP contribution in [-0.4, -0.2) is 15.9 Å². The second-order valence-corrected chi connectivity index (χ2v) is 2.85. The van der Waals surface area contributed by atoms with Gasteiger partial charge in [0.15, 0.2) is 0 Å². The van der Waals surface area contributed by atoms with Crippen molar-refractivity contribution in [3.63, 3.8) is 0 Å².